The molecule has 0 saturated heterocycles. The molecule has 2 aromatic heterocycles. The van der Waals surface area contributed by atoms with E-state index in [9.17, 15) is 0 Å². The molecule has 3 N–H and O–H groups in total. The van der Waals surface area contributed by atoms with Gasteiger partial charge in [0, 0.05) is 11.8 Å². The van der Waals surface area contributed by atoms with Crippen molar-refractivity contribution in [3.05, 3.63) is 24.5 Å². The first kappa shape index (κ1) is 6.78. The molecule has 0 aromatic carbocycles. The molecule has 2 heterocycles. The number of rotatable bonds is 1. The number of nitrogen functional groups attached to an aromatic ring is 1. The zero-order chi connectivity index (χ0) is 8.39. The average molecular weight is 161 g/mol. The average Bonchev–Trinajstić information content (AvgIpc) is 2.57. The molecule has 0 fully saturated rings. The second-order valence-electron chi connectivity index (χ2n) is 2.30. The maximum atomic E-state index is 5.59. The number of anilines is 1. The van der Waals surface area contributed by atoms with Crippen LogP contribution in [0.5, 0.6) is 0 Å². The van der Waals surface area contributed by atoms with E-state index in [0.717, 1.165) is 11.3 Å². The van der Waals surface area contributed by atoms with Crippen LogP contribution in [0, 0.1) is 0 Å². The van der Waals surface area contributed by atoms with Crippen LogP contribution in [0.3, 0.4) is 0 Å². The van der Waals surface area contributed by atoms with Crippen molar-refractivity contribution in [3.63, 3.8) is 0 Å². The lowest BCUT2D eigenvalue weighted by Crippen LogP contribution is -1.95. The maximum absolute atomic E-state index is 5.59. The predicted molar refractivity (Wildman–Crippen MR) is 44.0 cm³/mol. The summed E-state index contributed by atoms with van der Waals surface area (Å²) in [5.41, 5.74) is 7.26. The Kier molecular flexibility index (Phi) is 1.48. The normalized spacial score (nSPS) is 10.0. The first-order valence-electron chi connectivity index (χ1n) is 3.45. The fourth-order valence-corrected chi connectivity index (χ4v) is 0.976. The van der Waals surface area contributed by atoms with Gasteiger partial charge < -0.3 is 5.73 Å². The van der Waals surface area contributed by atoms with E-state index in [-0.39, 0.29) is 0 Å². The van der Waals surface area contributed by atoms with Crippen molar-refractivity contribution < 1.29 is 0 Å². The molecular formula is C7H7N5. The lowest BCUT2D eigenvalue weighted by molar-refractivity contribution is 1.04. The van der Waals surface area contributed by atoms with Crippen LogP contribution < -0.4 is 5.73 Å². The largest absolute Gasteiger partial charge is 0.382 e. The van der Waals surface area contributed by atoms with Crippen molar-refractivity contribution in [2.24, 2.45) is 0 Å². The molecule has 2 aromatic rings. The van der Waals surface area contributed by atoms with Gasteiger partial charge in [-0.3, -0.25) is 5.10 Å². The van der Waals surface area contributed by atoms with Gasteiger partial charge in [0.15, 0.2) is 5.82 Å². The highest BCUT2D eigenvalue weighted by molar-refractivity contribution is 5.69. The molecule has 0 aliphatic heterocycles. The summed E-state index contributed by atoms with van der Waals surface area (Å²) in [5.74, 6) is 0.404. The Bertz CT molecular complexity index is 367. The number of H-pyrrole nitrogens is 1. The number of hydrogen-bond donors (Lipinski definition) is 2. The molecule has 5 heteroatoms. The third kappa shape index (κ3) is 1.01. The topological polar surface area (TPSA) is 80.5 Å². The van der Waals surface area contributed by atoms with Crippen molar-refractivity contribution in [3.8, 4) is 11.3 Å². The second kappa shape index (κ2) is 2.61. The van der Waals surface area contributed by atoms with Gasteiger partial charge in [0.25, 0.3) is 0 Å². The van der Waals surface area contributed by atoms with E-state index in [1.165, 1.54) is 0 Å². The number of hydrogen-bond acceptors (Lipinski definition) is 4. The molecular weight excluding hydrogens is 154 g/mol. The van der Waals surface area contributed by atoms with Gasteiger partial charge in [-0.05, 0) is 12.1 Å². The van der Waals surface area contributed by atoms with Crippen molar-refractivity contribution in [2.45, 2.75) is 0 Å². The molecule has 0 saturated carbocycles. The Morgan fingerprint density at radius 3 is 2.83 bits per heavy atom. The monoisotopic (exact) mass is 161 g/mol. The van der Waals surface area contributed by atoms with E-state index in [1.807, 2.05) is 6.07 Å². The summed E-state index contributed by atoms with van der Waals surface area (Å²) in [4.78, 5) is 0. The van der Waals surface area contributed by atoms with Crippen molar-refractivity contribution in [1.29, 1.82) is 0 Å². The molecule has 0 aliphatic rings. The highest BCUT2D eigenvalue weighted by Crippen LogP contribution is 2.19. The van der Waals surface area contributed by atoms with E-state index in [2.05, 4.69) is 20.4 Å². The van der Waals surface area contributed by atoms with Gasteiger partial charge in [0.1, 0.15) is 0 Å². The fourth-order valence-electron chi connectivity index (χ4n) is 0.976. The van der Waals surface area contributed by atoms with E-state index in [0.29, 0.717) is 5.82 Å². The van der Waals surface area contributed by atoms with Crippen LogP contribution >= 0.6 is 0 Å². The Hall–Kier alpha value is -1.91. The summed E-state index contributed by atoms with van der Waals surface area (Å²) in [5, 5.41) is 14.0. The molecule has 60 valence electrons. The number of aromatic amines is 1. The zero-order valence-corrected chi connectivity index (χ0v) is 6.23. The molecule has 0 aliphatic carbocycles. The molecule has 2 rings (SSSR count). The molecule has 0 spiro atoms. The quantitative estimate of drug-likeness (QED) is 0.636. The maximum Gasteiger partial charge on any atom is 0.155 e. The van der Waals surface area contributed by atoms with E-state index in [1.54, 1.807) is 18.5 Å². The molecule has 0 amide bonds. The van der Waals surface area contributed by atoms with Gasteiger partial charge in [0.2, 0.25) is 0 Å². The van der Waals surface area contributed by atoms with Crippen LogP contribution in [-0.4, -0.2) is 20.4 Å². The number of nitrogens with one attached hydrogen (secondary N) is 1. The number of nitrogens with two attached hydrogens (primary N) is 1. The summed E-state index contributed by atoms with van der Waals surface area (Å²) in [6.07, 6.45) is 3.25. The van der Waals surface area contributed by atoms with Gasteiger partial charge in [0.05, 0.1) is 11.9 Å². The third-order valence-corrected chi connectivity index (χ3v) is 1.54. The fraction of sp³-hybridized carbons (Fsp3) is 0. The smallest absolute Gasteiger partial charge is 0.155 e. The summed E-state index contributed by atoms with van der Waals surface area (Å²) >= 11 is 0. The predicted octanol–water partition coefficient (Wildman–Crippen LogP) is 0.449. The van der Waals surface area contributed by atoms with Crippen molar-refractivity contribution in [2.75, 3.05) is 5.73 Å². The highest BCUT2D eigenvalue weighted by Gasteiger charge is 2.02. The van der Waals surface area contributed by atoms with Crippen LogP contribution in [0.25, 0.3) is 11.3 Å². The molecule has 5 nitrogen and oxygen atoms in total. The highest BCUT2D eigenvalue weighted by atomic mass is 15.1. The summed E-state index contributed by atoms with van der Waals surface area (Å²) in [6, 6.07) is 3.61. The van der Waals surface area contributed by atoms with Gasteiger partial charge in [-0.15, -0.1) is 5.10 Å². The molecule has 12 heavy (non-hydrogen) atoms. The molecule has 0 radical (unpaired) electrons. The number of nitrogens with zero attached hydrogens (tertiary/aromatic N) is 3. The van der Waals surface area contributed by atoms with Gasteiger partial charge in [-0.1, -0.05) is 0 Å². The number of aromatic nitrogens is 4. The van der Waals surface area contributed by atoms with E-state index in [4.69, 9.17) is 5.73 Å². The van der Waals surface area contributed by atoms with Gasteiger partial charge in [-0.2, -0.15) is 10.2 Å². The third-order valence-electron chi connectivity index (χ3n) is 1.54. The summed E-state index contributed by atoms with van der Waals surface area (Å²) in [7, 11) is 0. The van der Waals surface area contributed by atoms with Gasteiger partial charge >= 0.3 is 0 Å². The van der Waals surface area contributed by atoms with Crippen LogP contribution in [0.15, 0.2) is 24.5 Å². The SMILES string of the molecule is Nc1nnccc1-c1ccn[nH]1. The minimum Gasteiger partial charge on any atom is -0.382 e. The van der Waals surface area contributed by atoms with Crippen LogP contribution in [0.1, 0.15) is 0 Å². The molecule has 0 unspecified atom stereocenters. The second-order valence-corrected chi connectivity index (χ2v) is 2.30. The first-order chi connectivity index (χ1) is 5.88. The van der Waals surface area contributed by atoms with Gasteiger partial charge in [-0.25, -0.2) is 0 Å². The van der Waals surface area contributed by atoms with Crippen LogP contribution in [-0.2, 0) is 0 Å². The standard InChI is InChI=1S/C7H7N5/c8-7-5(1-3-10-12-7)6-2-4-9-11-6/h1-4H,(H2,8,12)(H,9,11). The first-order valence-corrected chi connectivity index (χ1v) is 3.45. The van der Waals surface area contributed by atoms with Crippen molar-refractivity contribution >= 4 is 5.82 Å². The Morgan fingerprint density at radius 1 is 1.25 bits per heavy atom. The zero-order valence-electron chi connectivity index (χ0n) is 6.23. The van der Waals surface area contributed by atoms with Crippen LogP contribution in [0.2, 0.25) is 0 Å². The Labute approximate surface area is 68.6 Å². The summed E-state index contributed by atoms with van der Waals surface area (Å²) in [6.45, 7) is 0. The van der Waals surface area contributed by atoms with E-state index >= 15 is 0 Å². The Balaban J connectivity index is 2.55. The molecule has 0 atom stereocenters. The lowest BCUT2D eigenvalue weighted by atomic mass is 10.2. The minimum absolute atomic E-state index is 0.404. The minimum atomic E-state index is 0.404. The lowest BCUT2D eigenvalue weighted by Gasteiger charge is -1.98. The van der Waals surface area contributed by atoms with Crippen LogP contribution in [0.4, 0.5) is 5.82 Å². The van der Waals surface area contributed by atoms with E-state index < -0.39 is 0 Å². The van der Waals surface area contributed by atoms with Crippen molar-refractivity contribution in [1.82, 2.24) is 20.4 Å². The Morgan fingerprint density at radius 2 is 2.17 bits per heavy atom. The molecule has 0 bridgehead atoms. The summed E-state index contributed by atoms with van der Waals surface area (Å²) < 4.78 is 0.